The summed E-state index contributed by atoms with van der Waals surface area (Å²) in [7, 11) is 1.78. The third-order valence-corrected chi connectivity index (χ3v) is 1.84. The molecule has 82 valence electrons. The minimum Gasteiger partial charge on any atom is -0.340 e. The van der Waals surface area contributed by atoms with Crippen LogP contribution in [-0.2, 0) is 0 Å². The Morgan fingerprint density at radius 2 is 2.07 bits per heavy atom. The lowest BCUT2D eigenvalue weighted by atomic mass is 9.96. The van der Waals surface area contributed by atoms with Crippen LogP contribution < -0.4 is 0 Å². The Morgan fingerprint density at radius 3 is 2.53 bits per heavy atom. The van der Waals surface area contributed by atoms with E-state index >= 15 is 0 Å². The molecule has 0 unspecified atom stereocenters. The van der Waals surface area contributed by atoms with Gasteiger partial charge in [-0.25, -0.2) is 4.98 Å². The van der Waals surface area contributed by atoms with Gasteiger partial charge in [-0.05, 0) is 5.41 Å². The van der Waals surface area contributed by atoms with Crippen molar-refractivity contribution in [2.45, 2.75) is 20.8 Å². The second-order valence-electron chi connectivity index (χ2n) is 4.81. The number of carbonyl (C=O) groups excluding carboxylic acids is 1. The molecule has 0 aliphatic heterocycles. The van der Waals surface area contributed by atoms with E-state index in [1.54, 1.807) is 18.1 Å². The molecule has 0 radical (unpaired) electrons. The molecule has 1 aromatic rings. The number of nitrogens with zero attached hydrogens (tertiary/aromatic N) is 3. The van der Waals surface area contributed by atoms with Gasteiger partial charge in [-0.1, -0.05) is 20.8 Å². The van der Waals surface area contributed by atoms with Crippen LogP contribution >= 0.6 is 0 Å². The predicted octanol–water partition coefficient (Wildman–Crippen LogP) is 1.59. The smallest absolute Gasteiger partial charge is 0.273 e. The highest BCUT2D eigenvalue weighted by molar-refractivity contribution is 5.91. The first-order valence-corrected chi connectivity index (χ1v) is 4.91. The van der Waals surface area contributed by atoms with Crippen molar-refractivity contribution in [1.29, 1.82) is 0 Å². The van der Waals surface area contributed by atoms with Crippen molar-refractivity contribution < 1.29 is 4.79 Å². The molecule has 0 N–H and O–H groups in total. The van der Waals surface area contributed by atoms with Crippen LogP contribution in [0.1, 0.15) is 31.3 Å². The van der Waals surface area contributed by atoms with Crippen LogP contribution in [-0.4, -0.2) is 34.4 Å². The summed E-state index contributed by atoms with van der Waals surface area (Å²) in [4.78, 5) is 21.4. The molecule has 1 rings (SSSR count). The van der Waals surface area contributed by atoms with E-state index in [1.807, 2.05) is 0 Å². The summed E-state index contributed by atoms with van der Waals surface area (Å²) in [6.45, 7) is 6.97. The van der Waals surface area contributed by atoms with Crippen molar-refractivity contribution in [3.63, 3.8) is 0 Å². The van der Waals surface area contributed by atoms with Crippen LogP contribution in [0.4, 0.5) is 0 Å². The van der Waals surface area contributed by atoms with Gasteiger partial charge in [-0.3, -0.25) is 9.78 Å². The van der Waals surface area contributed by atoms with Gasteiger partial charge in [-0.15, -0.1) is 0 Å². The normalized spacial score (nSPS) is 11.2. The highest BCUT2D eigenvalue weighted by Crippen LogP contribution is 2.15. The Bertz CT molecular complexity index is 329. The van der Waals surface area contributed by atoms with Gasteiger partial charge in [-0.2, -0.15) is 0 Å². The van der Waals surface area contributed by atoms with E-state index in [-0.39, 0.29) is 11.3 Å². The first-order chi connectivity index (χ1) is 6.90. The summed E-state index contributed by atoms with van der Waals surface area (Å²) >= 11 is 0. The summed E-state index contributed by atoms with van der Waals surface area (Å²) in [6, 6.07) is 0. The van der Waals surface area contributed by atoms with Crippen molar-refractivity contribution in [3.05, 3.63) is 24.3 Å². The topological polar surface area (TPSA) is 46.1 Å². The fourth-order valence-electron chi connectivity index (χ4n) is 1.39. The van der Waals surface area contributed by atoms with E-state index in [1.165, 1.54) is 12.4 Å². The third kappa shape index (κ3) is 3.65. The first-order valence-electron chi connectivity index (χ1n) is 4.91. The van der Waals surface area contributed by atoms with E-state index in [0.717, 1.165) is 0 Å². The van der Waals surface area contributed by atoms with Gasteiger partial charge >= 0.3 is 0 Å². The number of hydrogen-bond acceptors (Lipinski definition) is 3. The predicted molar refractivity (Wildman–Crippen MR) is 58.4 cm³/mol. The molecular weight excluding hydrogens is 190 g/mol. The van der Waals surface area contributed by atoms with Gasteiger partial charge in [0, 0.05) is 26.0 Å². The number of aromatic nitrogens is 2. The van der Waals surface area contributed by atoms with Crippen LogP contribution in [0.15, 0.2) is 18.6 Å². The zero-order valence-corrected chi connectivity index (χ0v) is 9.69. The number of rotatable bonds is 2. The summed E-state index contributed by atoms with van der Waals surface area (Å²) in [5, 5.41) is 0. The van der Waals surface area contributed by atoms with Crippen molar-refractivity contribution in [3.8, 4) is 0 Å². The Hall–Kier alpha value is -1.45. The fourth-order valence-corrected chi connectivity index (χ4v) is 1.39. The Balaban J connectivity index is 2.70. The maximum Gasteiger partial charge on any atom is 0.273 e. The first kappa shape index (κ1) is 11.6. The zero-order chi connectivity index (χ0) is 11.5. The molecule has 0 aromatic carbocycles. The third-order valence-electron chi connectivity index (χ3n) is 1.84. The van der Waals surface area contributed by atoms with Gasteiger partial charge in [0.05, 0.1) is 6.20 Å². The molecule has 1 heterocycles. The highest BCUT2D eigenvalue weighted by Gasteiger charge is 2.19. The lowest BCUT2D eigenvalue weighted by Gasteiger charge is -2.26. The largest absolute Gasteiger partial charge is 0.340 e. The fraction of sp³-hybridized carbons (Fsp3) is 0.545. The second-order valence-corrected chi connectivity index (χ2v) is 4.81. The van der Waals surface area contributed by atoms with Gasteiger partial charge in [0.15, 0.2) is 0 Å². The van der Waals surface area contributed by atoms with Gasteiger partial charge < -0.3 is 4.90 Å². The second kappa shape index (κ2) is 4.38. The van der Waals surface area contributed by atoms with Crippen molar-refractivity contribution in [1.82, 2.24) is 14.9 Å². The Morgan fingerprint density at radius 1 is 1.40 bits per heavy atom. The molecule has 4 heteroatoms. The lowest BCUT2D eigenvalue weighted by Crippen LogP contribution is -2.34. The van der Waals surface area contributed by atoms with E-state index in [9.17, 15) is 4.79 Å². The Labute approximate surface area is 90.3 Å². The SMILES string of the molecule is CN(CC(C)(C)C)C(=O)c1cnccn1. The molecule has 4 nitrogen and oxygen atoms in total. The summed E-state index contributed by atoms with van der Waals surface area (Å²) in [5.41, 5.74) is 0.483. The standard InChI is InChI=1S/C11H17N3O/c1-11(2,3)8-14(4)10(15)9-7-12-5-6-13-9/h5-7H,8H2,1-4H3. The minimum absolute atomic E-state index is 0.0852. The quantitative estimate of drug-likeness (QED) is 0.740. The van der Waals surface area contributed by atoms with Gasteiger partial charge in [0.1, 0.15) is 5.69 Å². The van der Waals surface area contributed by atoms with E-state index in [2.05, 4.69) is 30.7 Å². The van der Waals surface area contributed by atoms with Crippen LogP contribution in [0.25, 0.3) is 0 Å². The minimum atomic E-state index is -0.0852. The summed E-state index contributed by atoms with van der Waals surface area (Å²) in [5.74, 6) is -0.0852. The Kier molecular flexibility index (Phi) is 3.39. The van der Waals surface area contributed by atoms with Gasteiger partial charge in [0.2, 0.25) is 0 Å². The molecule has 1 amide bonds. The molecular formula is C11H17N3O. The van der Waals surface area contributed by atoms with Crippen molar-refractivity contribution in [2.24, 2.45) is 5.41 Å². The summed E-state index contributed by atoms with van der Waals surface area (Å²) in [6.07, 6.45) is 4.57. The average molecular weight is 207 g/mol. The zero-order valence-electron chi connectivity index (χ0n) is 9.69. The molecule has 0 saturated heterocycles. The van der Waals surface area contributed by atoms with Crippen molar-refractivity contribution >= 4 is 5.91 Å². The highest BCUT2D eigenvalue weighted by atomic mass is 16.2. The van der Waals surface area contributed by atoms with Gasteiger partial charge in [0.25, 0.3) is 5.91 Å². The maximum absolute atomic E-state index is 11.8. The van der Waals surface area contributed by atoms with E-state index in [0.29, 0.717) is 12.2 Å². The molecule has 0 fully saturated rings. The van der Waals surface area contributed by atoms with E-state index < -0.39 is 0 Å². The molecule has 1 aromatic heterocycles. The lowest BCUT2D eigenvalue weighted by molar-refractivity contribution is 0.0739. The molecule has 0 bridgehead atoms. The van der Waals surface area contributed by atoms with E-state index in [4.69, 9.17) is 0 Å². The monoisotopic (exact) mass is 207 g/mol. The average Bonchev–Trinajstić information content (AvgIpc) is 2.15. The number of amides is 1. The van der Waals surface area contributed by atoms with Crippen LogP contribution in [0.2, 0.25) is 0 Å². The molecule has 0 aliphatic rings. The molecule has 15 heavy (non-hydrogen) atoms. The number of carbonyl (C=O) groups is 1. The molecule has 0 atom stereocenters. The van der Waals surface area contributed by atoms with Crippen molar-refractivity contribution in [2.75, 3.05) is 13.6 Å². The van der Waals surface area contributed by atoms with Crippen LogP contribution in [0, 0.1) is 5.41 Å². The number of hydrogen-bond donors (Lipinski definition) is 0. The molecule has 0 aliphatic carbocycles. The molecule has 0 saturated carbocycles. The van der Waals surface area contributed by atoms with Crippen LogP contribution in [0.5, 0.6) is 0 Å². The van der Waals surface area contributed by atoms with Crippen LogP contribution in [0.3, 0.4) is 0 Å². The maximum atomic E-state index is 11.8. The molecule has 0 spiro atoms. The summed E-state index contributed by atoms with van der Waals surface area (Å²) < 4.78 is 0.